The van der Waals surface area contributed by atoms with Crippen LogP contribution in [0.5, 0.6) is 0 Å². The Morgan fingerprint density at radius 3 is 2.28 bits per heavy atom. The van der Waals surface area contributed by atoms with Gasteiger partial charge < -0.3 is 0 Å². The molecule has 0 aromatic heterocycles. The van der Waals surface area contributed by atoms with Gasteiger partial charge in [0, 0.05) is 6.08 Å². The molecule has 0 saturated carbocycles. The summed E-state index contributed by atoms with van der Waals surface area (Å²) in [5.41, 5.74) is 1.06. The third-order valence-corrected chi connectivity index (χ3v) is 2.78. The minimum Gasteiger partial charge on any atom is -0.167 e. The molecule has 100 valence electrons. The monoisotopic (exact) mass is 256 g/mol. The van der Waals surface area contributed by atoms with Crippen molar-refractivity contribution in [2.75, 3.05) is 0 Å². The van der Waals surface area contributed by atoms with E-state index in [1.165, 1.54) is 0 Å². The van der Waals surface area contributed by atoms with Gasteiger partial charge in [0.15, 0.2) is 0 Å². The van der Waals surface area contributed by atoms with Crippen molar-refractivity contribution in [2.45, 2.75) is 45.2 Å². The topological polar surface area (TPSA) is 0 Å². The average molecular weight is 256 g/mol. The average Bonchev–Trinajstić information content (AvgIpc) is 2.33. The van der Waals surface area contributed by atoms with Crippen LogP contribution >= 0.6 is 0 Å². The second kappa shape index (κ2) is 7.24. The van der Waals surface area contributed by atoms with Gasteiger partial charge >= 0.3 is 6.18 Å². The Labute approximate surface area is 107 Å². The predicted octanol–water partition coefficient (Wildman–Crippen LogP) is 5.60. The first kappa shape index (κ1) is 14.8. The number of benzene rings is 1. The molecule has 1 aromatic carbocycles. The SMILES string of the molecule is CCCCCC/C(=C\C(F)(F)F)c1ccccc1. The van der Waals surface area contributed by atoms with E-state index < -0.39 is 6.18 Å². The van der Waals surface area contributed by atoms with Gasteiger partial charge in [0.05, 0.1) is 0 Å². The molecule has 1 rings (SSSR count). The van der Waals surface area contributed by atoms with Crippen LogP contribution < -0.4 is 0 Å². The largest absolute Gasteiger partial charge is 0.410 e. The Kier molecular flexibility index (Phi) is 5.96. The first-order valence-electron chi connectivity index (χ1n) is 6.37. The van der Waals surface area contributed by atoms with Crippen molar-refractivity contribution in [1.29, 1.82) is 0 Å². The van der Waals surface area contributed by atoms with Gasteiger partial charge in [0.25, 0.3) is 0 Å². The molecule has 0 saturated heterocycles. The molecule has 0 fully saturated rings. The molecule has 18 heavy (non-hydrogen) atoms. The standard InChI is InChI=1S/C15H19F3/c1-2-3-4-6-11-14(12-15(16,17)18)13-9-7-5-8-10-13/h5,7-10,12H,2-4,6,11H2,1H3/b14-12+. The normalized spacial score (nSPS) is 12.8. The second-order valence-electron chi connectivity index (χ2n) is 4.39. The van der Waals surface area contributed by atoms with E-state index >= 15 is 0 Å². The van der Waals surface area contributed by atoms with E-state index in [9.17, 15) is 13.2 Å². The van der Waals surface area contributed by atoms with Crippen LogP contribution in [-0.2, 0) is 0 Å². The van der Waals surface area contributed by atoms with Gasteiger partial charge in [-0.25, -0.2) is 0 Å². The fourth-order valence-electron chi connectivity index (χ4n) is 1.89. The summed E-state index contributed by atoms with van der Waals surface area (Å²) in [5.74, 6) is 0. The van der Waals surface area contributed by atoms with E-state index in [1.807, 2.05) is 6.07 Å². The highest BCUT2D eigenvalue weighted by Crippen LogP contribution is 2.27. The van der Waals surface area contributed by atoms with E-state index in [0.29, 0.717) is 23.6 Å². The Morgan fingerprint density at radius 2 is 1.72 bits per heavy atom. The van der Waals surface area contributed by atoms with Crippen LogP contribution in [0, 0.1) is 0 Å². The van der Waals surface area contributed by atoms with Crippen LogP contribution in [0.25, 0.3) is 5.57 Å². The fraction of sp³-hybridized carbons (Fsp3) is 0.467. The molecule has 0 N–H and O–H groups in total. The molecule has 1 aromatic rings. The van der Waals surface area contributed by atoms with Crippen molar-refractivity contribution >= 4 is 5.57 Å². The summed E-state index contributed by atoms with van der Waals surface area (Å²) >= 11 is 0. The number of allylic oxidation sites excluding steroid dienone is 2. The Balaban J connectivity index is 2.74. The lowest BCUT2D eigenvalue weighted by Crippen LogP contribution is -2.03. The minimum atomic E-state index is -4.24. The summed E-state index contributed by atoms with van der Waals surface area (Å²) in [4.78, 5) is 0. The molecule has 0 spiro atoms. The predicted molar refractivity (Wildman–Crippen MR) is 69.2 cm³/mol. The molecular weight excluding hydrogens is 237 g/mol. The van der Waals surface area contributed by atoms with Gasteiger partial charge in [-0.05, 0) is 24.0 Å². The van der Waals surface area contributed by atoms with Crippen molar-refractivity contribution in [2.24, 2.45) is 0 Å². The minimum absolute atomic E-state index is 0.388. The summed E-state index contributed by atoms with van der Waals surface area (Å²) in [5, 5.41) is 0. The number of rotatable bonds is 6. The Bertz CT molecular complexity index is 363. The third kappa shape index (κ3) is 5.89. The van der Waals surface area contributed by atoms with Crippen molar-refractivity contribution in [3.8, 4) is 0 Å². The molecule has 0 aliphatic heterocycles. The van der Waals surface area contributed by atoms with E-state index in [2.05, 4.69) is 6.92 Å². The van der Waals surface area contributed by atoms with Crippen molar-refractivity contribution < 1.29 is 13.2 Å². The highest BCUT2D eigenvalue weighted by atomic mass is 19.4. The molecule has 0 aliphatic carbocycles. The molecule has 0 unspecified atom stereocenters. The molecular formula is C15H19F3. The lowest BCUT2D eigenvalue weighted by molar-refractivity contribution is -0.0794. The molecule has 3 heteroatoms. The zero-order valence-electron chi connectivity index (χ0n) is 10.6. The maximum absolute atomic E-state index is 12.5. The summed E-state index contributed by atoms with van der Waals surface area (Å²) in [6.45, 7) is 2.09. The van der Waals surface area contributed by atoms with Crippen molar-refractivity contribution in [3.63, 3.8) is 0 Å². The van der Waals surface area contributed by atoms with E-state index in [0.717, 1.165) is 25.7 Å². The number of hydrogen-bond donors (Lipinski definition) is 0. The molecule has 0 aliphatic rings. The molecule has 0 nitrogen and oxygen atoms in total. The van der Waals surface area contributed by atoms with Crippen LogP contribution in [-0.4, -0.2) is 6.18 Å². The quantitative estimate of drug-likeness (QED) is 0.581. The first-order valence-corrected chi connectivity index (χ1v) is 6.37. The maximum atomic E-state index is 12.5. The van der Waals surface area contributed by atoms with Gasteiger partial charge in [0.1, 0.15) is 0 Å². The smallest absolute Gasteiger partial charge is 0.167 e. The third-order valence-electron chi connectivity index (χ3n) is 2.78. The Morgan fingerprint density at radius 1 is 1.06 bits per heavy atom. The summed E-state index contributed by atoms with van der Waals surface area (Å²) in [6.07, 6.45) is 0.647. The summed E-state index contributed by atoms with van der Waals surface area (Å²) in [7, 11) is 0. The highest BCUT2D eigenvalue weighted by Gasteiger charge is 2.24. The van der Waals surface area contributed by atoms with Crippen LogP contribution in [0.3, 0.4) is 0 Å². The van der Waals surface area contributed by atoms with Crippen molar-refractivity contribution in [3.05, 3.63) is 42.0 Å². The summed E-state index contributed by atoms with van der Waals surface area (Å²) < 4.78 is 37.5. The van der Waals surface area contributed by atoms with Gasteiger partial charge in [-0.2, -0.15) is 13.2 Å². The second-order valence-corrected chi connectivity index (χ2v) is 4.39. The number of alkyl halides is 3. The number of unbranched alkanes of at least 4 members (excludes halogenated alkanes) is 3. The number of halogens is 3. The fourth-order valence-corrected chi connectivity index (χ4v) is 1.89. The van der Waals surface area contributed by atoms with E-state index in [4.69, 9.17) is 0 Å². The first-order chi connectivity index (χ1) is 8.53. The molecule has 0 atom stereocenters. The maximum Gasteiger partial charge on any atom is 0.410 e. The van der Waals surface area contributed by atoms with Gasteiger partial charge in [-0.1, -0.05) is 56.5 Å². The lowest BCUT2D eigenvalue weighted by atomic mass is 9.99. The Hall–Kier alpha value is -1.25. The van der Waals surface area contributed by atoms with Crippen LogP contribution in [0.15, 0.2) is 36.4 Å². The highest BCUT2D eigenvalue weighted by molar-refractivity contribution is 5.66. The van der Waals surface area contributed by atoms with Gasteiger partial charge in [0.2, 0.25) is 0 Å². The zero-order chi connectivity index (χ0) is 13.4. The van der Waals surface area contributed by atoms with Gasteiger partial charge in [-0.3, -0.25) is 0 Å². The van der Waals surface area contributed by atoms with Crippen molar-refractivity contribution in [1.82, 2.24) is 0 Å². The number of hydrogen-bond acceptors (Lipinski definition) is 0. The van der Waals surface area contributed by atoms with Crippen LogP contribution in [0.2, 0.25) is 0 Å². The van der Waals surface area contributed by atoms with E-state index in [1.54, 1.807) is 24.3 Å². The van der Waals surface area contributed by atoms with Crippen LogP contribution in [0.4, 0.5) is 13.2 Å². The molecule has 0 bridgehead atoms. The van der Waals surface area contributed by atoms with Gasteiger partial charge in [-0.15, -0.1) is 0 Å². The zero-order valence-corrected chi connectivity index (χ0v) is 10.6. The lowest BCUT2D eigenvalue weighted by Gasteiger charge is -2.10. The van der Waals surface area contributed by atoms with E-state index in [-0.39, 0.29) is 0 Å². The molecule has 0 amide bonds. The van der Waals surface area contributed by atoms with Crippen LogP contribution in [0.1, 0.15) is 44.6 Å². The molecule has 0 radical (unpaired) electrons. The molecule has 0 heterocycles. The summed E-state index contributed by atoms with van der Waals surface area (Å²) in [6, 6.07) is 8.82.